The van der Waals surface area contributed by atoms with Crippen LogP contribution >= 0.6 is 0 Å². The van der Waals surface area contributed by atoms with Gasteiger partial charge in [0.1, 0.15) is 5.82 Å². The molecule has 25 heavy (non-hydrogen) atoms. The number of pyridine rings is 2. The minimum atomic E-state index is -0.208. The van der Waals surface area contributed by atoms with Crippen molar-refractivity contribution in [2.45, 2.75) is 25.2 Å². The lowest BCUT2D eigenvalue weighted by atomic mass is 9.79. The van der Waals surface area contributed by atoms with Gasteiger partial charge >= 0.3 is 0 Å². The molecule has 1 aliphatic rings. The zero-order chi connectivity index (χ0) is 17.1. The molecule has 0 unspecified atom stereocenters. The summed E-state index contributed by atoms with van der Waals surface area (Å²) >= 11 is 0. The van der Waals surface area contributed by atoms with E-state index in [9.17, 15) is 4.79 Å². The molecule has 2 aromatic heterocycles. The second kappa shape index (κ2) is 6.85. The maximum atomic E-state index is 12.1. The van der Waals surface area contributed by atoms with Crippen LogP contribution in [-0.4, -0.2) is 15.9 Å². The summed E-state index contributed by atoms with van der Waals surface area (Å²) < 4.78 is 0. The summed E-state index contributed by atoms with van der Waals surface area (Å²) in [7, 11) is 0. The van der Waals surface area contributed by atoms with Gasteiger partial charge in [0.2, 0.25) is 0 Å². The van der Waals surface area contributed by atoms with Gasteiger partial charge in [0.15, 0.2) is 0 Å². The molecule has 0 saturated heterocycles. The number of hydrogen-bond donors (Lipinski definition) is 1. The molecule has 3 aromatic rings. The number of carbonyl (C=O) groups is 1. The van der Waals surface area contributed by atoms with Crippen LogP contribution in [0.1, 0.15) is 41.1 Å². The SMILES string of the molecule is O=C(Nc1ccc(-c2cccc(C3CCC3)c2)cn1)c1cccnc1. The molecule has 1 aromatic carbocycles. The van der Waals surface area contributed by atoms with Crippen LogP contribution in [0.5, 0.6) is 0 Å². The topological polar surface area (TPSA) is 54.9 Å². The van der Waals surface area contributed by atoms with Gasteiger partial charge in [0.05, 0.1) is 5.56 Å². The van der Waals surface area contributed by atoms with Gasteiger partial charge in [-0.3, -0.25) is 9.78 Å². The van der Waals surface area contributed by atoms with Crippen molar-refractivity contribution in [3.05, 3.63) is 78.2 Å². The number of nitrogens with zero attached hydrogens (tertiary/aromatic N) is 2. The van der Waals surface area contributed by atoms with Gasteiger partial charge in [-0.15, -0.1) is 0 Å². The van der Waals surface area contributed by atoms with E-state index in [0.717, 1.165) is 5.56 Å². The van der Waals surface area contributed by atoms with Crippen LogP contribution < -0.4 is 5.32 Å². The van der Waals surface area contributed by atoms with Gasteiger partial charge < -0.3 is 5.32 Å². The van der Waals surface area contributed by atoms with Gasteiger partial charge in [-0.2, -0.15) is 0 Å². The normalized spacial score (nSPS) is 13.9. The van der Waals surface area contributed by atoms with Crippen LogP contribution in [0.4, 0.5) is 5.82 Å². The van der Waals surface area contributed by atoms with Gasteiger partial charge in [0.25, 0.3) is 5.91 Å². The second-order valence-corrected chi connectivity index (χ2v) is 6.38. The highest BCUT2D eigenvalue weighted by molar-refractivity contribution is 6.03. The minimum Gasteiger partial charge on any atom is -0.307 e. The maximum absolute atomic E-state index is 12.1. The molecular formula is C21H19N3O. The van der Waals surface area contributed by atoms with Crippen molar-refractivity contribution in [3.8, 4) is 11.1 Å². The summed E-state index contributed by atoms with van der Waals surface area (Å²) in [6, 6.07) is 16.0. The molecule has 0 spiro atoms. The fraction of sp³-hybridized carbons (Fsp3) is 0.190. The molecule has 0 radical (unpaired) electrons. The highest BCUT2D eigenvalue weighted by Gasteiger charge is 2.19. The van der Waals surface area contributed by atoms with Crippen molar-refractivity contribution in [2.24, 2.45) is 0 Å². The third-order valence-corrected chi connectivity index (χ3v) is 4.73. The van der Waals surface area contributed by atoms with Crippen LogP contribution in [0.25, 0.3) is 11.1 Å². The predicted octanol–water partition coefficient (Wildman–Crippen LogP) is 4.66. The Kier molecular flexibility index (Phi) is 4.25. The standard InChI is InChI=1S/C21H19N3O/c25-21(19-8-3-11-22-13-19)24-20-10-9-18(14-23-20)17-7-2-6-16(12-17)15-4-1-5-15/h2-3,6-15H,1,4-5H2,(H,23,24,25). The largest absolute Gasteiger partial charge is 0.307 e. The van der Waals surface area contributed by atoms with E-state index in [2.05, 4.69) is 39.6 Å². The van der Waals surface area contributed by atoms with Crippen molar-refractivity contribution in [3.63, 3.8) is 0 Å². The molecular weight excluding hydrogens is 310 g/mol. The van der Waals surface area contributed by atoms with Crippen molar-refractivity contribution in [1.29, 1.82) is 0 Å². The average molecular weight is 329 g/mol. The van der Waals surface area contributed by atoms with Crippen LogP contribution in [0.15, 0.2) is 67.1 Å². The van der Waals surface area contributed by atoms with E-state index in [4.69, 9.17) is 0 Å². The molecule has 0 atom stereocenters. The van der Waals surface area contributed by atoms with E-state index in [0.29, 0.717) is 17.3 Å². The van der Waals surface area contributed by atoms with Crippen molar-refractivity contribution < 1.29 is 4.79 Å². The van der Waals surface area contributed by atoms with E-state index >= 15 is 0 Å². The van der Waals surface area contributed by atoms with Crippen molar-refractivity contribution >= 4 is 11.7 Å². The fourth-order valence-corrected chi connectivity index (χ4v) is 3.04. The number of nitrogens with one attached hydrogen (secondary N) is 1. The molecule has 1 fully saturated rings. The first-order valence-electron chi connectivity index (χ1n) is 8.57. The third-order valence-electron chi connectivity index (χ3n) is 4.73. The number of benzene rings is 1. The first kappa shape index (κ1) is 15.5. The summed E-state index contributed by atoms with van der Waals surface area (Å²) in [4.78, 5) is 20.5. The number of rotatable bonds is 4. The van der Waals surface area contributed by atoms with E-state index in [1.165, 1.54) is 36.6 Å². The van der Waals surface area contributed by atoms with E-state index in [1.54, 1.807) is 24.5 Å². The smallest absolute Gasteiger partial charge is 0.258 e. The molecule has 4 heteroatoms. The van der Waals surface area contributed by atoms with Crippen LogP contribution in [0.3, 0.4) is 0 Å². The average Bonchev–Trinajstić information content (AvgIpc) is 2.62. The van der Waals surface area contributed by atoms with Crippen LogP contribution in [0, 0.1) is 0 Å². The van der Waals surface area contributed by atoms with Crippen molar-refractivity contribution in [1.82, 2.24) is 9.97 Å². The summed E-state index contributed by atoms with van der Waals surface area (Å²) in [6.07, 6.45) is 8.90. The third kappa shape index (κ3) is 3.43. The lowest BCUT2D eigenvalue weighted by molar-refractivity contribution is 0.102. The fourth-order valence-electron chi connectivity index (χ4n) is 3.04. The van der Waals surface area contributed by atoms with Crippen molar-refractivity contribution in [2.75, 3.05) is 5.32 Å². The second-order valence-electron chi connectivity index (χ2n) is 6.38. The van der Waals surface area contributed by atoms with Gasteiger partial charge in [-0.25, -0.2) is 4.98 Å². The molecule has 2 heterocycles. The predicted molar refractivity (Wildman–Crippen MR) is 98.5 cm³/mol. The van der Waals surface area contributed by atoms with Crippen LogP contribution in [0.2, 0.25) is 0 Å². The number of aromatic nitrogens is 2. The summed E-state index contributed by atoms with van der Waals surface area (Å²) in [6.45, 7) is 0. The lowest BCUT2D eigenvalue weighted by Crippen LogP contribution is -2.12. The minimum absolute atomic E-state index is 0.208. The Balaban J connectivity index is 1.49. The summed E-state index contributed by atoms with van der Waals surface area (Å²) in [5.74, 6) is 1.04. The zero-order valence-electron chi connectivity index (χ0n) is 13.9. The Morgan fingerprint density at radius 1 is 1.00 bits per heavy atom. The quantitative estimate of drug-likeness (QED) is 0.757. The maximum Gasteiger partial charge on any atom is 0.258 e. The first-order valence-corrected chi connectivity index (χ1v) is 8.57. The molecule has 1 N–H and O–H groups in total. The Bertz CT molecular complexity index is 871. The Morgan fingerprint density at radius 3 is 2.60 bits per heavy atom. The lowest BCUT2D eigenvalue weighted by Gasteiger charge is -2.26. The molecule has 0 aliphatic heterocycles. The summed E-state index contributed by atoms with van der Waals surface area (Å²) in [5, 5.41) is 2.79. The molecule has 1 amide bonds. The zero-order valence-corrected chi connectivity index (χ0v) is 13.9. The van der Waals surface area contributed by atoms with E-state index < -0.39 is 0 Å². The van der Waals surface area contributed by atoms with E-state index in [-0.39, 0.29) is 5.91 Å². The number of anilines is 1. The van der Waals surface area contributed by atoms with Gasteiger partial charge in [-0.05, 0) is 54.2 Å². The van der Waals surface area contributed by atoms with E-state index in [1.807, 2.05) is 12.1 Å². The highest BCUT2D eigenvalue weighted by Crippen LogP contribution is 2.37. The monoisotopic (exact) mass is 329 g/mol. The molecule has 4 rings (SSSR count). The molecule has 1 saturated carbocycles. The Hall–Kier alpha value is -3.01. The first-order chi connectivity index (χ1) is 12.3. The number of hydrogen-bond acceptors (Lipinski definition) is 3. The highest BCUT2D eigenvalue weighted by atomic mass is 16.1. The molecule has 1 aliphatic carbocycles. The summed E-state index contributed by atoms with van der Waals surface area (Å²) in [5.41, 5.74) is 4.15. The number of carbonyl (C=O) groups excluding carboxylic acids is 1. The van der Waals surface area contributed by atoms with Gasteiger partial charge in [0, 0.05) is 24.2 Å². The Labute approximate surface area is 147 Å². The molecule has 0 bridgehead atoms. The molecule has 4 nitrogen and oxygen atoms in total. The van der Waals surface area contributed by atoms with Gasteiger partial charge in [-0.1, -0.05) is 30.7 Å². The molecule has 124 valence electrons. The van der Waals surface area contributed by atoms with Crippen LogP contribution in [-0.2, 0) is 0 Å². The number of amides is 1. The Morgan fingerprint density at radius 2 is 1.92 bits per heavy atom.